The molecule has 0 bridgehead atoms. The Labute approximate surface area is 232 Å². The summed E-state index contributed by atoms with van der Waals surface area (Å²) in [5.74, 6) is -0.678. The molecule has 1 aromatic heterocycles. The summed E-state index contributed by atoms with van der Waals surface area (Å²) in [5, 5.41) is 23.7. The van der Waals surface area contributed by atoms with E-state index in [1.165, 1.54) is 6.21 Å². The smallest absolute Gasteiger partial charge is 0.304 e. The van der Waals surface area contributed by atoms with Crippen LogP contribution in [0.2, 0.25) is 0 Å². The van der Waals surface area contributed by atoms with Crippen molar-refractivity contribution in [1.82, 2.24) is 9.47 Å². The van der Waals surface area contributed by atoms with E-state index >= 15 is 0 Å². The molecule has 5 aromatic rings. The monoisotopic (exact) mass is 531 g/mol. The van der Waals surface area contributed by atoms with E-state index in [0.29, 0.717) is 25.1 Å². The zero-order valence-electron chi connectivity index (χ0n) is 21.9. The van der Waals surface area contributed by atoms with Crippen LogP contribution in [0, 0.1) is 0 Å². The van der Waals surface area contributed by atoms with Crippen LogP contribution in [0.3, 0.4) is 0 Å². The quantitative estimate of drug-likeness (QED) is 0.117. The Kier molecular flexibility index (Phi) is 8.70. The maximum atomic E-state index is 12.3. The first-order valence-corrected chi connectivity index (χ1v) is 12.9. The fourth-order valence-electron chi connectivity index (χ4n) is 4.42. The highest BCUT2D eigenvalue weighted by molar-refractivity contribution is 5.95. The van der Waals surface area contributed by atoms with Crippen molar-refractivity contribution in [2.45, 2.75) is 19.8 Å². The SMILES string of the molecule is O=C(CON=Cc1ccccc1)N=Nc1c(O)n(CN(Cc2ccccc2)Cc2ccccc2)c2ccccc12. The summed E-state index contributed by atoms with van der Waals surface area (Å²) in [4.78, 5) is 19.6. The normalized spacial score (nSPS) is 11.6. The van der Waals surface area contributed by atoms with Crippen molar-refractivity contribution < 1.29 is 14.7 Å². The second-order valence-electron chi connectivity index (χ2n) is 9.23. The lowest BCUT2D eigenvalue weighted by atomic mass is 10.2. The van der Waals surface area contributed by atoms with Crippen LogP contribution < -0.4 is 0 Å². The van der Waals surface area contributed by atoms with Crippen LogP contribution in [-0.2, 0) is 29.4 Å². The number of aromatic nitrogens is 1. The number of nitrogens with zero attached hydrogens (tertiary/aromatic N) is 5. The van der Waals surface area contributed by atoms with Gasteiger partial charge in [0.2, 0.25) is 5.88 Å². The highest BCUT2D eigenvalue weighted by Crippen LogP contribution is 2.39. The standard InChI is InChI=1S/C32H29N5O3/c38-30(23-40-33-20-25-12-4-1-5-13-25)34-35-31-28-18-10-11-19-29(28)37(32(31)39)24-36(21-26-14-6-2-7-15-26)22-27-16-8-3-9-17-27/h1-20,39H,21-24H2. The molecule has 0 atom stereocenters. The topological polar surface area (TPSA) is 91.8 Å². The van der Waals surface area contributed by atoms with Crippen LogP contribution in [0.15, 0.2) is 131 Å². The number of aromatic hydroxyl groups is 1. The first-order valence-electron chi connectivity index (χ1n) is 12.9. The van der Waals surface area contributed by atoms with Gasteiger partial charge < -0.3 is 9.94 Å². The van der Waals surface area contributed by atoms with E-state index in [-0.39, 0.29) is 18.2 Å². The molecule has 5 rings (SSSR count). The molecule has 0 saturated carbocycles. The fourth-order valence-corrected chi connectivity index (χ4v) is 4.42. The number of carbonyl (C=O) groups is 1. The van der Waals surface area contributed by atoms with Gasteiger partial charge in [-0.05, 0) is 22.8 Å². The van der Waals surface area contributed by atoms with Gasteiger partial charge in [0.25, 0.3) is 0 Å². The van der Waals surface area contributed by atoms with Crippen molar-refractivity contribution in [2.75, 3.05) is 6.61 Å². The number of fused-ring (bicyclic) bond motifs is 1. The van der Waals surface area contributed by atoms with Gasteiger partial charge in [0.15, 0.2) is 12.3 Å². The molecule has 0 radical (unpaired) electrons. The third kappa shape index (κ3) is 6.86. The minimum Gasteiger partial charge on any atom is -0.493 e. The van der Waals surface area contributed by atoms with E-state index in [0.717, 1.165) is 22.2 Å². The van der Waals surface area contributed by atoms with Crippen molar-refractivity contribution in [3.63, 3.8) is 0 Å². The summed E-state index contributed by atoms with van der Waals surface area (Å²) in [6.07, 6.45) is 1.51. The molecule has 0 fully saturated rings. The van der Waals surface area contributed by atoms with Crippen molar-refractivity contribution in [1.29, 1.82) is 0 Å². The van der Waals surface area contributed by atoms with Gasteiger partial charge in [0.05, 0.1) is 18.4 Å². The number of amides is 1. The number of para-hydroxylation sites is 1. The summed E-state index contributed by atoms with van der Waals surface area (Å²) in [7, 11) is 0. The number of hydrogen-bond acceptors (Lipinski definition) is 6. The van der Waals surface area contributed by atoms with Crippen molar-refractivity contribution in [3.05, 3.63) is 132 Å². The first-order chi connectivity index (χ1) is 19.7. The van der Waals surface area contributed by atoms with Crippen molar-refractivity contribution in [2.24, 2.45) is 15.4 Å². The van der Waals surface area contributed by atoms with Gasteiger partial charge >= 0.3 is 5.91 Å². The van der Waals surface area contributed by atoms with E-state index in [9.17, 15) is 9.90 Å². The Balaban J connectivity index is 1.35. The van der Waals surface area contributed by atoms with Gasteiger partial charge in [0.1, 0.15) is 0 Å². The molecule has 40 heavy (non-hydrogen) atoms. The molecule has 1 N–H and O–H groups in total. The summed E-state index contributed by atoms with van der Waals surface area (Å²) < 4.78 is 1.79. The molecule has 0 aliphatic rings. The van der Waals surface area contributed by atoms with E-state index < -0.39 is 5.91 Å². The Morgan fingerprint density at radius 2 is 1.38 bits per heavy atom. The van der Waals surface area contributed by atoms with Gasteiger partial charge in [-0.15, -0.1) is 10.2 Å². The van der Waals surface area contributed by atoms with Gasteiger partial charge in [0, 0.05) is 18.5 Å². The number of carbonyl (C=O) groups excluding carboxylic acids is 1. The zero-order valence-corrected chi connectivity index (χ0v) is 21.9. The van der Waals surface area contributed by atoms with Gasteiger partial charge in [-0.1, -0.05) is 114 Å². The van der Waals surface area contributed by atoms with Gasteiger partial charge in [-0.2, -0.15) is 0 Å². The van der Waals surface area contributed by atoms with Gasteiger partial charge in [-0.3, -0.25) is 14.3 Å². The van der Waals surface area contributed by atoms with Crippen LogP contribution in [-0.4, -0.2) is 33.3 Å². The molecule has 200 valence electrons. The maximum absolute atomic E-state index is 12.3. The molecule has 8 heteroatoms. The maximum Gasteiger partial charge on any atom is 0.304 e. The van der Waals surface area contributed by atoms with Crippen LogP contribution in [0.25, 0.3) is 10.9 Å². The van der Waals surface area contributed by atoms with Crippen LogP contribution >= 0.6 is 0 Å². The highest BCUT2D eigenvalue weighted by atomic mass is 16.6. The van der Waals surface area contributed by atoms with Crippen LogP contribution in [0.4, 0.5) is 5.69 Å². The molecule has 8 nitrogen and oxygen atoms in total. The molecule has 4 aromatic carbocycles. The second-order valence-corrected chi connectivity index (χ2v) is 9.23. The van der Waals surface area contributed by atoms with E-state index in [1.54, 1.807) is 4.57 Å². The van der Waals surface area contributed by atoms with E-state index in [1.807, 2.05) is 91.0 Å². The van der Waals surface area contributed by atoms with Crippen LogP contribution in [0.5, 0.6) is 5.88 Å². The average molecular weight is 532 g/mol. The average Bonchev–Trinajstić information content (AvgIpc) is 3.26. The molecule has 0 saturated heterocycles. The molecule has 1 heterocycles. The van der Waals surface area contributed by atoms with Crippen LogP contribution in [0.1, 0.15) is 16.7 Å². The highest BCUT2D eigenvalue weighted by Gasteiger charge is 2.19. The predicted molar refractivity (Wildman–Crippen MR) is 155 cm³/mol. The minimum absolute atomic E-state index is 0.0631. The number of azo groups is 1. The predicted octanol–water partition coefficient (Wildman–Crippen LogP) is 6.67. The molecule has 1 amide bonds. The molecule has 0 unspecified atom stereocenters. The number of benzene rings is 4. The van der Waals surface area contributed by atoms with E-state index in [4.69, 9.17) is 4.84 Å². The Morgan fingerprint density at radius 3 is 2.02 bits per heavy atom. The first kappa shape index (κ1) is 26.5. The number of rotatable bonds is 11. The number of hydrogen-bond donors (Lipinski definition) is 1. The van der Waals surface area contributed by atoms with E-state index in [2.05, 4.69) is 44.5 Å². The number of oxime groups is 1. The molecule has 0 aliphatic heterocycles. The second kappa shape index (κ2) is 13.1. The molecular weight excluding hydrogens is 502 g/mol. The lowest BCUT2D eigenvalue weighted by Gasteiger charge is -2.24. The lowest BCUT2D eigenvalue weighted by Crippen LogP contribution is -2.25. The molecule has 0 aliphatic carbocycles. The third-order valence-electron chi connectivity index (χ3n) is 6.28. The lowest BCUT2D eigenvalue weighted by molar-refractivity contribution is -0.122. The zero-order chi connectivity index (χ0) is 27.6. The third-order valence-corrected chi connectivity index (χ3v) is 6.28. The molecule has 0 spiro atoms. The molecular formula is C32H29N5O3. The van der Waals surface area contributed by atoms with Crippen molar-refractivity contribution >= 4 is 28.7 Å². The largest absolute Gasteiger partial charge is 0.493 e. The summed E-state index contributed by atoms with van der Waals surface area (Å²) in [6.45, 7) is 1.39. The van der Waals surface area contributed by atoms with Gasteiger partial charge in [-0.25, -0.2) is 0 Å². The Hall–Kier alpha value is -5.08. The van der Waals surface area contributed by atoms with Crippen molar-refractivity contribution in [3.8, 4) is 5.88 Å². The Bertz CT molecular complexity index is 1560. The summed E-state index contributed by atoms with van der Waals surface area (Å²) >= 11 is 0. The fraction of sp³-hybridized carbons (Fsp3) is 0.125. The minimum atomic E-state index is -0.615. The summed E-state index contributed by atoms with van der Waals surface area (Å²) in [5.41, 5.74) is 4.19. The summed E-state index contributed by atoms with van der Waals surface area (Å²) in [6, 6.07) is 37.3. The Morgan fingerprint density at radius 1 is 0.800 bits per heavy atom.